The summed E-state index contributed by atoms with van der Waals surface area (Å²) in [4.78, 5) is 35.6. The summed E-state index contributed by atoms with van der Waals surface area (Å²) in [7, 11) is -3.76. The van der Waals surface area contributed by atoms with E-state index < -0.39 is 34.0 Å². The number of aryl methyl sites for hydroxylation is 1. The van der Waals surface area contributed by atoms with Crippen molar-refractivity contribution >= 4 is 27.9 Å². The van der Waals surface area contributed by atoms with Crippen molar-refractivity contribution in [3.8, 4) is 0 Å². The molecular formula is C18H27N3O6S. The molecule has 0 fully saturated rings. The van der Waals surface area contributed by atoms with Crippen molar-refractivity contribution in [1.82, 2.24) is 14.9 Å². The van der Waals surface area contributed by atoms with E-state index in [4.69, 9.17) is 4.74 Å². The first-order valence-electron chi connectivity index (χ1n) is 8.98. The number of rotatable bonds is 8. The molecule has 0 unspecified atom stereocenters. The molecule has 0 aromatic heterocycles. The Morgan fingerprint density at radius 2 is 1.75 bits per heavy atom. The van der Waals surface area contributed by atoms with Crippen LogP contribution in [-0.4, -0.2) is 56.4 Å². The molecule has 9 nitrogen and oxygen atoms in total. The Bertz CT molecular complexity index is 834. The molecule has 0 saturated carbocycles. The van der Waals surface area contributed by atoms with Crippen LogP contribution in [0.1, 0.15) is 43.6 Å². The highest BCUT2D eigenvalue weighted by molar-refractivity contribution is 7.89. The molecule has 28 heavy (non-hydrogen) atoms. The van der Waals surface area contributed by atoms with E-state index in [1.54, 1.807) is 27.7 Å². The molecule has 0 spiro atoms. The summed E-state index contributed by atoms with van der Waals surface area (Å²) >= 11 is 0. The number of nitrogens with zero attached hydrogens (tertiary/aromatic N) is 1. The smallest absolute Gasteiger partial charge is 0.338 e. The second-order valence-corrected chi connectivity index (χ2v) is 7.87. The highest BCUT2D eigenvalue weighted by Gasteiger charge is 2.26. The number of nitrogens with one attached hydrogen (secondary N) is 2. The van der Waals surface area contributed by atoms with Crippen molar-refractivity contribution in [3.05, 3.63) is 29.3 Å². The van der Waals surface area contributed by atoms with Gasteiger partial charge in [-0.25, -0.2) is 18.0 Å². The number of carbonyl (C=O) groups is 3. The molecule has 0 heterocycles. The van der Waals surface area contributed by atoms with Gasteiger partial charge in [0.25, 0.3) is 5.91 Å². The Balaban J connectivity index is 3.02. The molecule has 0 saturated heterocycles. The molecule has 1 rings (SSSR count). The van der Waals surface area contributed by atoms with Crippen LogP contribution < -0.4 is 10.6 Å². The summed E-state index contributed by atoms with van der Waals surface area (Å²) in [6, 6.07) is 3.47. The molecule has 0 aliphatic rings. The van der Waals surface area contributed by atoms with Gasteiger partial charge in [0.1, 0.15) is 0 Å². The zero-order chi connectivity index (χ0) is 21.5. The Morgan fingerprint density at radius 1 is 1.14 bits per heavy atom. The molecule has 0 aliphatic heterocycles. The minimum absolute atomic E-state index is 0.00470. The molecule has 1 atom stereocenters. The highest BCUT2D eigenvalue weighted by atomic mass is 32.2. The summed E-state index contributed by atoms with van der Waals surface area (Å²) in [5.74, 6) is -1.66. The fraction of sp³-hybridized carbons (Fsp3) is 0.500. The lowest BCUT2D eigenvalue weighted by atomic mass is 10.1. The molecule has 1 aromatic rings. The van der Waals surface area contributed by atoms with Gasteiger partial charge in [0.15, 0.2) is 6.10 Å². The zero-order valence-electron chi connectivity index (χ0n) is 16.7. The van der Waals surface area contributed by atoms with Crippen molar-refractivity contribution in [2.75, 3.05) is 19.6 Å². The summed E-state index contributed by atoms with van der Waals surface area (Å²) in [5, 5.41) is 4.43. The van der Waals surface area contributed by atoms with Crippen LogP contribution in [0.4, 0.5) is 4.79 Å². The third-order valence-corrected chi connectivity index (χ3v) is 6.17. The van der Waals surface area contributed by atoms with Gasteiger partial charge in [0.2, 0.25) is 10.0 Å². The first-order chi connectivity index (χ1) is 13.1. The van der Waals surface area contributed by atoms with Crippen LogP contribution in [-0.2, 0) is 19.6 Å². The van der Waals surface area contributed by atoms with E-state index in [9.17, 15) is 22.8 Å². The minimum atomic E-state index is -3.76. The van der Waals surface area contributed by atoms with E-state index in [1.807, 2.05) is 5.32 Å². The van der Waals surface area contributed by atoms with Gasteiger partial charge in [-0.15, -0.1) is 0 Å². The maximum absolute atomic E-state index is 12.8. The van der Waals surface area contributed by atoms with E-state index in [1.165, 1.54) is 29.4 Å². The van der Waals surface area contributed by atoms with Crippen molar-refractivity contribution in [1.29, 1.82) is 0 Å². The molecule has 0 aliphatic carbocycles. The second kappa shape index (κ2) is 10.2. The summed E-state index contributed by atoms with van der Waals surface area (Å²) in [5.41, 5.74) is 0.486. The standard InChI is InChI=1S/C18H27N3O6S/c1-6-19-18(24)20-16(22)13(5)27-17(23)14-10-9-12(4)15(11-14)28(25,26)21(7-2)8-3/h9-11,13H,6-8H2,1-5H3,(H2,19,20,22,24)/t13-/m1/s1. The zero-order valence-corrected chi connectivity index (χ0v) is 17.6. The Labute approximate surface area is 165 Å². The number of imide groups is 1. The van der Waals surface area contributed by atoms with Gasteiger partial charge in [-0.1, -0.05) is 19.9 Å². The van der Waals surface area contributed by atoms with Gasteiger partial charge in [0, 0.05) is 19.6 Å². The Kier molecular flexibility index (Phi) is 8.58. The number of esters is 1. The van der Waals surface area contributed by atoms with Crippen molar-refractivity contribution < 1.29 is 27.5 Å². The van der Waals surface area contributed by atoms with Crippen LogP contribution in [0, 0.1) is 6.92 Å². The molecule has 0 bridgehead atoms. The van der Waals surface area contributed by atoms with Gasteiger partial charge in [-0.3, -0.25) is 10.1 Å². The van der Waals surface area contributed by atoms with E-state index in [0.717, 1.165) is 0 Å². The van der Waals surface area contributed by atoms with E-state index in [0.29, 0.717) is 25.2 Å². The van der Waals surface area contributed by atoms with Gasteiger partial charge in [-0.05, 0) is 38.5 Å². The Morgan fingerprint density at radius 3 is 2.29 bits per heavy atom. The van der Waals surface area contributed by atoms with Gasteiger partial charge >= 0.3 is 12.0 Å². The Hall–Kier alpha value is -2.46. The summed E-state index contributed by atoms with van der Waals surface area (Å²) in [6.45, 7) is 9.01. The van der Waals surface area contributed by atoms with Crippen LogP contribution in [0.3, 0.4) is 0 Å². The van der Waals surface area contributed by atoms with Crippen molar-refractivity contribution in [2.45, 2.75) is 45.6 Å². The van der Waals surface area contributed by atoms with E-state index >= 15 is 0 Å². The van der Waals surface area contributed by atoms with E-state index in [-0.39, 0.29) is 10.5 Å². The number of hydrogen-bond donors (Lipinski definition) is 2. The topological polar surface area (TPSA) is 122 Å². The maximum Gasteiger partial charge on any atom is 0.338 e. The number of urea groups is 1. The van der Waals surface area contributed by atoms with Gasteiger partial charge in [-0.2, -0.15) is 4.31 Å². The number of ether oxygens (including phenoxy) is 1. The van der Waals surface area contributed by atoms with Crippen LogP contribution in [0.25, 0.3) is 0 Å². The molecule has 0 radical (unpaired) electrons. The normalized spacial score (nSPS) is 12.4. The van der Waals surface area contributed by atoms with Gasteiger partial charge in [0.05, 0.1) is 10.5 Å². The number of amides is 3. The second-order valence-electron chi connectivity index (χ2n) is 5.97. The summed E-state index contributed by atoms with van der Waals surface area (Å²) < 4.78 is 31.9. The molecule has 2 N–H and O–H groups in total. The highest BCUT2D eigenvalue weighted by Crippen LogP contribution is 2.22. The van der Waals surface area contributed by atoms with Crippen molar-refractivity contribution in [3.63, 3.8) is 0 Å². The summed E-state index contributed by atoms with van der Waals surface area (Å²) in [6.07, 6.45) is -1.24. The van der Waals surface area contributed by atoms with Gasteiger partial charge < -0.3 is 10.1 Å². The predicted molar refractivity (Wildman–Crippen MR) is 103 cm³/mol. The molecule has 1 aromatic carbocycles. The lowest BCUT2D eigenvalue weighted by Crippen LogP contribution is -2.44. The largest absolute Gasteiger partial charge is 0.449 e. The number of sulfonamides is 1. The quantitative estimate of drug-likeness (QED) is 0.622. The maximum atomic E-state index is 12.8. The van der Waals surface area contributed by atoms with Crippen LogP contribution in [0.2, 0.25) is 0 Å². The van der Waals surface area contributed by atoms with Crippen LogP contribution in [0.5, 0.6) is 0 Å². The van der Waals surface area contributed by atoms with Crippen LogP contribution in [0.15, 0.2) is 23.1 Å². The monoisotopic (exact) mass is 413 g/mol. The number of hydrogen-bond acceptors (Lipinski definition) is 6. The predicted octanol–water partition coefficient (Wildman–Crippen LogP) is 1.42. The lowest BCUT2D eigenvalue weighted by Gasteiger charge is -2.20. The molecule has 156 valence electrons. The number of carbonyl (C=O) groups excluding carboxylic acids is 3. The number of benzene rings is 1. The third-order valence-electron chi connectivity index (χ3n) is 3.97. The van der Waals surface area contributed by atoms with Crippen LogP contribution >= 0.6 is 0 Å². The SMILES string of the molecule is CCNC(=O)NC(=O)[C@@H](C)OC(=O)c1ccc(C)c(S(=O)(=O)N(CC)CC)c1. The molecule has 10 heteroatoms. The minimum Gasteiger partial charge on any atom is -0.449 e. The third kappa shape index (κ3) is 5.77. The molecular weight excluding hydrogens is 386 g/mol. The lowest BCUT2D eigenvalue weighted by molar-refractivity contribution is -0.127. The van der Waals surface area contributed by atoms with E-state index in [2.05, 4.69) is 5.32 Å². The first kappa shape index (κ1) is 23.6. The molecule has 3 amide bonds. The fourth-order valence-corrected chi connectivity index (χ4v) is 4.12. The average Bonchev–Trinajstić information content (AvgIpc) is 2.62. The fourth-order valence-electron chi connectivity index (χ4n) is 2.41. The first-order valence-corrected chi connectivity index (χ1v) is 10.4. The average molecular weight is 413 g/mol. The van der Waals surface area contributed by atoms with Crippen molar-refractivity contribution in [2.24, 2.45) is 0 Å².